The number of ether oxygens (including phenoxy) is 3. The zero-order chi connectivity index (χ0) is 23.8. The van der Waals surface area contributed by atoms with Gasteiger partial charge in [-0.25, -0.2) is 4.79 Å². The molecule has 5 rings (SSSR count). The van der Waals surface area contributed by atoms with Crippen LogP contribution in [-0.2, 0) is 6.54 Å². The molecule has 170 valence electrons. The second-order valence-electron chi connectivity index (χ2n) is 8.11. The van der Waals surface area contributed by atoms with Crippen LogP contribution in [0.5, 0.6) is 17.2 Å². The van der Waals surface area contributed by atoms with E-state index in [0.29, 0.717) is 22.6 Å². The van der Waals surface area contributed by atoms with Crippen molar-refractivity contribution < 1.29 is 23.8 Å². The van der Waals surface area contributed by atoms with Gasteiger partial charge in [-0.1, -0.05) is 17.7 Å². The molecule has 0 aliphatic carbocycles. The van der Waals surface area contributed by atoms with E-state index in [2.05, 4.69) is 11.5 Å². The average Bonchev–Trinajstić information content (AvgIpc) is 3.35. The van der Waals surface area contributed by atoms with Crippen LogP contribution in [0.15, 0.2) is 72.6 Å². The van der Waals surface area contributed by atoms with Crippen LogP contribution in [0.25, 0.3) is 17.0 Å². The highest BCUT2D eigenvalue weighted by Gasteiger charge is 2.28. The molecule has 1 aliphatic rings. The molecule has 4 aromatic rings. The van der Waals surface area contributed by atoms with Crippen molar-refractivity contribution in [1.82, 2.24) is 4.57 Å². The molecule has 0 radical (unpaired) electrons. The molecule has 0 unspecified atom stereocenters. The number of esters is 1. The number of methoxy groups -OCH3 is 1. The monoisotopic (exact) mass is 453 g/mol. The lowest BCUT2D eigenvalue weighted by Gasteiger charge is -2.06. The van der Waals surface area contributed by atoms with Gasteiger partial charge in [-0.05, 0) is 62.4 Å². The molecule has 0 atom stereocenters. The maximum absolute atomic E-state index is 13.0. The Labute approximate surface area is 197 Å². The largest absolute Gasteiger partial charge is 0.497 e. The van der Waals surface area contributed by atoms with Gasteiger partial charge < -0.3 is 18.8 Å². The third kappa shape index (κ3) is 3.83. The van der Waals surface area contributed by atoms with Crippen molar-refractivity contribution in [1.29, 1.82) is 0 Å². The second kappa shape index (κ2) is 8.56. The van der Waals surface area contributed by atoms with E-state index in [-0.39, 0.29) is 11.5 Å². The first kappa shape index (κ1) is 21.5. The summed E-state index contributed by atoms with van der Waals surface area (Å²) in [6.07, 6.45) is 3.74. The van der Waals surface area contributed by atoms with E-state index < -0.39 is 5.97 Å². The summed E-state index contributed by atoms with van der Waals surface area (Å²) in [5, 5.41) is 0.966. The SMILES string of the molecule is CCn1cc(/C=C2/Oc3cc(OC(=O)c4ccc(C)cc4)ccc3C2=O)c2cc(OC)ccc21. The standard InChI is InChI=1S/C28H23NO5/c1-4-29-16-19(23-14-20(32-3)10-12-24(23)29)13-26-27(30)22-11-9-21(15-25(22)34-26)33-28(31)18-7-5-17(2)6-8-18/h5-16H,4H2,1-3H3/b26-13+. The molecule has 0 N–H and O–H groups in total. The summed E-state index contributed by atoms with van der Waals surface area (Å²) in [4.78, 5) is 25.4. The van der Waals surface area contributed by atoms with Crippen LogP contribution in [-0.4, -0.2) is 23.4 Å². The molecule has 6 nitrogen and oxygen atoms in total. The summed E-state index contributed by atoms with van der Waals surface area (Å²) in [6.45, 7) is 4.80. The van der Waals surface area contributed by atoms with Gasteiger partial charge in [0.05, 0.1) is 18.2 Å². The molecular weight excluding hydrogens is 430 g/mol. The Hall–Kier alpha value is -4.32. The van der Waals surface area contributed by atoms with Gasteiger partial charge in [0, 0.05) is 35.3 Å². The molecule has 0 spiro atoms. The van der Waals surface area contributed by atoms with Crippen LogP contribution in [0.3, 0.4) is 0 Å². The smallest absolute Gasteiger partial charge is 0.343 e. The van der Waals surface area contributed by atoms with E-state index in [0.717, 1.165) is 34.3 Å². The van der Waals surface area contributed by atoms with Crippen molar-refractivity contribution in [2.45, 2.75) is 20.4 Å². The highest BCUT2D eigenvalue weighted by atomic mass is 16.5. The van der Waals surface area contributed by atoms with E-state index in [9.17, 15) is 9.59 Å². The number of benzene rings is 3. The third-order valence-electron chi connectivity index (χ3n) is 5.89. The quantitative estimate of drug-likeness (QED) is 0.217. The highest BCUT2D eigenvalue weighted by Crippen LogP contribution is 2.36. The minimum absolute atomic E-state index is 0.216. The fraction of sp³-hybridized carbons (Fsp3) is 0.143. The number of ketones is 1. The summed E-state index contributed by atoms with van der Waals surface area (Å²) < 4.78 is 18.9. The number of carbonyl (C=O) groups is 2. The Kier molecular flexibility index (Phi) is 5.42. The van der Waals surface area contributed by atoms with Crippen LogP contribution in [0.1, 0.15) is 38.8 Å². The molecule has 0 saturated carbocycles. The summed E-state index contributed by atoms with van der Waals surface area (Å²) in [6, 6.07) is 17.8. The van der Waals surface area contributed by atoms with Crippen LogP contribution < -0.4 is 14.2 Å². The first-order chi connectivity index (χ1) is 16.5. The lowest BCUT2D eigenvalue weighted by atomic mass is 10.1. The molecule has 0 amide bonds. The maximum atomic E-state index is 13.0. The number of nitrogens with zero attached hydrogens (tertiary/aromatic N) is 1. The molecule has 0 bridgehead atoms. The molecule has 34 heavy (non-hydrogen) atoms. The van der Waals surface area contributed by atoms with E-state index >= 15 is 0 Å². The molecule has 1 aliphatic heterocycles. The van der Waals surface area contributed by atoms with Gasteiger partial charge in [0.25, 0.3) is 0 Å². The number of aromatic nitrogens is 1. The number of carbonyl (C=O) groups excluding carboxylic acids is 2. The van der Waals surface area contributed by atoms with Crippen LogP contribution >= 0.6 is 0 Å². The van der Waals surface area contributed by atoms with Gasteiger partial charge in [-0.3, -0.25) is 4.79 Å². The fourth-order valence-electron chi connectivity index (χ4n) is 4.03. The number of fused-ring (bicyclic) bond motifs is 2. The van der Waals surface area contributed by atoms with Gasteiger partial charge in [0.1, 0.15) is 17.2 Å². The first-order valence-corrected chi connectivity index (χ1v) is 11.0. The lowest BCUT2D eigenvalue weighted by Crippen LogP contribution is -2.08. The molecule has 3 aromatic carbocycles. The Morgan fingerprint density at radius 1 is 1.03 bits per heavy atom. The minimum Gasteiger partial charge on any atom is -0.497 e. The van der Waals surface area contributed by atoms with Gasteiger partial charge in [-0.2, -0.15) is 0 Å². The second-order valence-corrected chi connectivity index (χ2v) is 8.11. The Morgan fingerprint density at radius 2 is 1.79 bits per heavy atom. The van der Waals surface area contributed by atoms with Gasteiger partial charge in [0.2, 0.25) is 5.78 Å². The molecule has 6 heteroatoms. The fourth-order valence-corrected chi connectivity index (χ4v) is 4.03. The van der Waals surface area contributed by atoms with E-state index in [1.165, 1.54) is 0 Å². The normalized spacial score (nSPS) is 13.7. The molecule has 2 heterocycles. The molecular formula is C28H23NO5. The summed E-state index contributed by atoms with van der Waals surface area (Å²) >= 11 is 0. The van der Waals surface area contributed by atoms with E-state index in [4.69, 9.17) is 14.2 Å². The van der Waals surface area contributed by atoms with Crippen molar-refractivity contribution in [3.05, 3.63) is 94.9 Å². The zero-order valence-electron chi connectivity index (χ0n) is 19.1. The predicted octanol–water partition coefficient (Wildman–Crippen LogP) is 5.81. The summed E-state index contributed by atoms with van der Waals surface area (Å²) in [5.41, 5.74) is 3.84. The van der Waals surface area contributed by atoms with Gasteiger partial charge in [-0.15, -0.1) is 0 Å². The Bertz CT molecular complexity index is 1460. The van der Waals surface area contributed by atoms with Crippen molar-refractivity contribution in [2.24, 2.45) is 0 Å². The van der Waals surface area contributed by atoms with Crippen LogP contribution in [0, 0.1) is 6.92 Å². The van der Waals surface area contributed by atoms with Crippen LogP contribution in [0.2, 0.25) is 0 Å². The van der Waals surface area contributed by atoms with Gasteiger partial charge in [0.15, 0.2) is 5.76 Å². The lowest BCUT2D eigenvalue weighted by molar-refractivity contribution is 0.0734. The summed E-state index contributed by atoms with van der Waals surface area (Å²) in [5.74, 6) is 0.944. The molecule has 0 saturated heterocycles. The van der Waals surface area contributed by atoms with Crippen molar-refractivity contribution >= 4 is 28.7 Å². The van der Waals surface area contributed by atoms with Crippen molar-refractivity contribution in [3.8, 4) is 17.2 Å². The number of hydrogen-bond donors (Lipinski definition) is 0. The first-order valence-electron chi connectivity index (χ1n) is 11.0. The number of rotatable bonds is 5. The number of aryl methyl sites for hydroxylation is 2. The van der Waals surface area contributed by atoms with Gasteiger partial charge >= 0.3 is 5.97 Å². The Balaban J connectivity index is 1.43. The topological polar surface area (TPSA) is 66.8 Å². The highest BCUT2D eigenvalue weighted by molar-refractivity contribution is 6.15. The zero-order valence-corrected chi connectivity index (χ0v) is 19.1. The van der Waals surface area contributed by atoms with Crippen molar-refractivity contribution in [2.75, 3.05) is 7.11 Å². The number of Topliss-reactive ketones (excluding diaryl/α,β-unsaturated/α-hetero) is 1. The molecule has 0 fully saturated rings. The van der Waals surface area contributed by atoms with Crippen molar-refractivity contribution in [3.63, 3.8) is 0 Å². The van der Waals surface area contributed by atoms with E-state index in [1.807, 2.05) is 43.5 Å². The van der Waals surface area contributed by atoms with E-state index in [1.54, 1.807) is 43.5 Å². The minimum atomic E-state index is -0.471. The number of allylic oxidation sites excluding steroid dienone is 1. The average molecular weight is 453 g/mol. The number of hydrogen-bond acceptors (Lipinski definition) is 5. The summed E-state index contributed by atoms with van der Waals surface area (Å²) in [7, 11) is 1.62. The third-order valence-corrected chi connectivity index (χ3v) is 5.89. The molecule has 1 aromatic heterocycles. The maximum Gasteiger partial charge on any atom is 0.343 e. The Morgan fingerprint density at radius 3 is 2.53 bits per heavy atom. The predicted molar refractivity (Wildman–Crippen MR) is 130 cm³/mol. The van der Waals surface area contributed by atoms with Crippen LogP contribution in [0.4, 0.5) is 0 Å².